The predicted octanol–water partition coefficient (Wildman–Crippen LogP) is 2.42. The summed E-state index contributed by atoms with van der Waals surface area (Å²) in [7, 11) is 0. The molecule has 146 valence electrons. The summed E-state index contributed by atoms with van der Waals surface area (Å²) in [6.45, 7) is 3.67. The van der Waals surface area contributed by atoms with Crippen LogP contribution in [0.4, 0.5) is 5.69 Å². The van der Waals surface area contributed by atoms with Crippen LogP contribution in [0, 0.1) is 5.92 Å². The number of fused-ring (bicyclic) bond motifs is 1. The van der Waals surface area contributed by atoms with Crippen LogP contribution in [0.5, 0.6) is 0 Å². The Morgan fingerprint density at radius 3 is 2.89 bits per heavy atom. The van der Waals surface area contributed by atoms with Crippen LogP contribution < -0.4 is 5.32 Å². The second kappa shape index (κ2) is 7.45. The monoisotopic (exact) mass is 379 g/mol. The number of aromatic nitrogens is 1. The summed E-state index contributed by atoms with van der Waals surface area (Å²) in [6, 6.07) is 11.7. The molecule has 6 heteroatoms. The molecule has 28 heavy (non-hydrogen) atoms. The molecule has 1 amide bonds. The van der Waals surface area contributed by atoms with E-state index in [1.807, 2.05) is 37.3 Å². The van der Waals surface area contributed by atoms with Gasteiger partial charge in [0.1, 0.15) is 0 Å². The Hall–Kier alpha value is -2.57. The molecule has 2 atom stereocenters. The molecule has 2 unspecified atom stereocenters. The molecule has 0 spiro atoms. The zero-order chi connectivity index (χ0) is 19.7. The normalized spacial score (nSPS) is 24.8. The summed E-state index contributed by atoms with van der Waals surface area (Å²) in [5, 5.41) is 13.6. The number of benzene rings is 1. The predicted molar refractivity (Wildman–Crippen MR) is 106 cm³/mol. The van der Waals surface area contributed by atoms with Gasteiger partial charge in [-0.25, -0.2) is 0 Å². The van der Waals surface area contributed by atoms with E-state index in [4.69, 9.17) is 0 Å². The number of hydrogen-bond acceptors (Lipinski definition) is 5. The number of β-amino-alcohol motifs (C(OH)–C–C–N with tert-alkyl or cyclic N) is 1. The first-order valence-electron chi connectivity index (χ1n) is 9.75. The number of aliphatic hydroxyl groups is 1. The Morgan fingerprint density at radius 2 is 2.11 bits per heavy atom. The van der Waals surface area contributed by atoms with Crippen LogP contribution in [0.15, 0.2) is 42.6 Å². The quantitative estimate of drug-likeness (QED) is 0.853. The van der Waals surface area contributed by atoms with Crippen molar-refractivity contribution in [2.24, 2.45) is 5.92 Å². The maximum absolute atomic E-state index is 12.7. The molecule has 1 aromatic carbocycles. The van der Waals surface area contributed by atoms with Crippen LogP contribution in [0.1, 0.15) is 41.4 Å². The maximum atomic E-state index is 12.7. The van der Waals surface area contributed by atoms with E-state index in [1.54, 1.807) is 12.3 Å². The van der Waals surface area contributed by atoms with E-state index in [2.05, 4.69) is 15.2 Å². The first-order chi connectivity index (χ1) is 13.4. The molecule has 2 heterocycles. The summed E-state index contributed by atoms with van der Waals surface area (Å²) in [5.74, 6) is -0.0878. The minimum Gasteiger partial charge on any atom is -0.379 e. The molecule has 1 aromatic heterocycles. The molecule has 6 nitrogen and oxygen atoms in total. The molecule has 2 aliphatic rings. The third-order valence-electron chi connectivity index (χ3n) is 5.60. The first-order valence-corrected chi connectivity index (χ1v) is 9.75. The Balaban J connectivity index is 1.42. The number of anilines is 1. The van der Waals surface area contributed by atoms with Crippen molar-refractivity contribution in [3.8, 4) is 0 Å². The van der Waals surface area contributed by atoms with Gasteiger partial charge in [0.25, 0.3) is 5.91 Å². The molecule has 0 bridgehead atoms. The molecule has 2 N–H and O–H groups in total. The lowest BCUT2D eigenvalue weighted by Crippen LogP contribution is -2.45. The lowest BCUT2D eigenvalue weighted by molar-refractivity contribution is -0.132. The Kier molecular flexibility index (Phi) is 5.00. The Labute approximate surface area is 164 Å². The van der Waals surface area contributed by atoms with Crippen molar-refractivity contribution in [1.29, 1.82) is 0 Å². The second-order valence-electron chi connectivity index (χ2n) is 8.09. The van der Waals surface area contributed by atoms with Gasteiger partial charge in [0.2, 0.25) is 0 Å². The van der Waals surface area contributed by atoms with E-state index in [0.717, 1.165) is 17.7 Å². The highest BCUT2D eigenvalue weighted by atomic mass is 16.3. The second-order valence-corrected chi connectivity index (χ2v) is 8.09. The van der Waals surface area contributed by atoms with Gasteiger partial charge in [-0.1, -0.05) is 37.3 Å². The highest BCUT2D eigenvalue weighted by Crippen LogP contribution is 2.28. The summed E-state index contributed by atoms with van der Waals surface area (Å²) in [4.78, 5) is 31.4. The Bertz CT molecular complexity index is 899. The van der Waals surface area contributed by atoms with Crippen LogP contribution in [0.3, 0.4) is 0 Å². The van der Waals surface area contributed by atoms with Gasteiger partial charge in [-0.05, 0) is 30.4 Å². The fraction of sp³-hybridized carbons (Fsp3) is 0.409. The molecule has 0 radical (unpaired) electrons. The number of Topliss-reactive ketones (excluding diaryl/α,β-unsaturated/α-hetero) is 1. The topological polar surface area (TPSA) is 82.5 Å². The van der Waals surface area contributed by atoms with Gasteiger partial charge >= 0.3 is 0 Å². The minimum absolute atomic E-state index is 0.0611. The standard InChI is InChI=1S/C22H25N3O3/c1-15-9-19-18(20(26)10-15)11-17(12-23-19)24-21(27)22(28)7-8-25(14-22)13-16-5-3-2-4-6-16/h2-6,11-12,15,28H,7-10,13-14H2,1H3,(H,24,27). The number of pyridine rings is 1. The number of rotatable bonds is 4. The number of nitrogens with one attached hydrogen (secondary N) is 1. The average molecular weight is 379 g/mol. The average Bonchev–Trinajstić information content (AvgIpc) is 3.05. The van der Waals surface area contributed by atoms with E-state index in [9.17, 15) is 14.7 Å². The highest BCUT2D eigenvalue weighted by molar-refractivity contribution is 6.01. The number of hydrogen-bond donors (Lipinski definition) is 2. The van der Waals surface area contributed by atoms with Crippen molar-refractivity contribution in [3.63, 3.8) is 0 Å². The smallest absolute Gasteiger partial charge is 0.257 e. The van der Waals surface area contributed by atoms with E-state index >= 15 is 0 Å². The summed E-state index contributed by atoms with van der Waals surface area (Å²) in [6.07, 6.45) is 3.22. The van der Waals surface area contributed by atoms with Crippen molar-refractivity contribution in [3.05, 3.63) is 59.4 Å². The lowest BCUT2D eigenvalue weighted by Gasteiger charge is -2.24. The lowest BCUT2D eigenvalue weighted by atomic mass is 9.87. The molecule has 1 fully saturated rings. The highest BCUT2D eigenvalue weighted by Gasteiger charge is 2.42. The summed E-state index contributed by atoms with van der Waals surface area (Å²) < 4.78 is 0. The third kappa shape index (κ3) is 3.84. The molecule has 1 aliphatic heterocycles. The SMILES string of the molecule is CC1CC(=O)c2cc(NC(=O)C3(O)CCN(Cc4ccccc4)C3)cnc2C1. The zero-order valence-electron chi connectivity index (χ0n) is 16.0. The van der Waals surface area contributed by atoms with E-state index in [-0.39, 0.29) is 12.3 Å². The number of carbonyl (C=O) groups is 2. The van der Waals surface area contributed by atoms with Crippen LogP contribution >= 0.6 is 0 Å². The van der Waals surface area contributed by atoms with Gasteiger partial charge in [-0.3, -0.25) is 19.5 Å². The zero-order valence-corrected chi connectivity index (χ0v) is 16.0. The first kappa shape index (κ1) is 18.8. The number of carbonyl (C=O) groups excluding carboxylic acids is 2. The number of nitrogens with zero attached hydrogens (tertiary/aromatic N) is 2. The Morgan fingerprint density at radius 1 is 1.32 bits per heavy atom. The van der Waals surface area contributed by atoms with E-state index in [0.29, 0.717) is 43.1 Å². The van der Waals surface area contributed by atoms with Crippen LogP contribution in [0.25, 0.3) is 0 Å². The summed E-state index contributed by atoms with van der Waals surface area (Å²) in [5.41, 5.74) is 1.54. The van der Waals surface area contributed by atoms with Gasteiger partial charge in [-0.15, -0.1) is 0 Å². The molecular weight excluding hydrogens is 354 g/mol. The minimum atomic E-state index is -1.44. The van der Waals surface area contributed by atoms with Crippen molar-refractivity contribution in [2.45, 2.75) is 38.3 Å². The van der Waals surface area contributed by atoms with Crippen molar-refractivity contribution in [1.82, 2.24) is 9.88 Å². The van der Waals surface area contributed by atoms with E-state index in [1.165, 1.54) is 0 Å². The number of ketones is 1. The molecular formula is C22H25N3O3. The van der Waals surface area contributed by atoms with Crippen LogP contribution in [-0.2, 0) is 17.8 Å². The fourth-order valence-corrected chi connectivity index (χ4v) is 4.07. The molecule has 0 saturated carbocycles. The van der Waals surface area contributed by atoms with Gasteiger partial charge in [0.05, 0.1) is 17.6 Å². The van der Waals surface area contributed by atoms with Gasteiger partial charge in [0, 0.05) is 31.6 Å². The number of likely N-dealkylation sites (tertiary alicyclic amines) is 1. The van der Waals surface area contributed by atoms with Gasteiger partial charge in [-0.2, -0.15) is 0 Å². The van der Waals surface area contributed by atoms with Crippen molar-refractivity contribution >= 4 is 17.4 Å². The molecule has 1 saturated heterocycles. The van der Waals surface area contributed by atoms with E-state index < -0.39 is 11.5 Å². The summed E-state index contributed by atoms with van der Waals surface area (Å²) >= 11 is 0. The number of amides is 1. The van der Waals surface area contributed by atoms with Crippen molar-refractivity contribution < 1.29 is 14.7 Å². The van der Waals surface area contributed by atoms with Gasteiger partial charge in [0.15, 0.2) is 11.4 Å². The van der Waals surface area contributed by atoms with Crippen LogP contribution in [-0.4, -0.2) is 45.4 Å². The fourth-order valence-electron chi connectivity index (χ4n) is 4.07. The molecule has 1 aliphatic carbocycles. The molecule has 2 aromatic rings. The van der Waals surface area contributed by atoms with Crippen molar-refractivity contribution in [2.75, 3.05) is 18.4 Å². The van der Waals surface area contributed by atoms with Crippen LogP contribution in [0.2, 0.25) is 0 Å². The maximum Gasteiger partial charge on any atom is 0.257 e. The molecule has 4 rings (SSSR count). The largest absolute Gasteiger partial charge is 0.379 e. The third-order valence-corrected chi connectivity index (χ3v) is 5.60. The van der Waals surface area contributed by atoms with Gasteiger partial charge < -0.3 is 10.4 Å².